The van der Waals surface area contributed by atoms with Crippen LogP contribution >= 0.6 is 11.3 Å². The predicted molar refractivity (Wildman–Crippen MR) is 132 cm³/mol. The summed E-state index contributed by atoms with van der Waals surface area (Å²) in [6.45, 7) is 0.266. The molecule has 0 saturated carbocycles. The van der Waals surface area contributed by atoms with Gasteiger partial charge in [0.15, 0.2) is 0 Å². The van der Waals surface area contributed by atoms with Crippen LogP contribution in [-0.4, -0.2) is 42.7 Å². The van der Waals surface area contributed by atoms with Gasteiger partial charge in [-0.25, -0.2) is 0 Å². The lowest BCUT2D eigenvalue weighted by molar-refractivity contribution is -0.122. The number of carbonyl (C=O) groups excluding carboxylic acids is 2. The van der Waals surface area contributed by atoms with E-state index in [0.717, 1.165) is 10.4 Å². The van der Waals surface area contributed by atoms with Crippen LogP contribution in [0.1, 0.15) is 6.42 Å². The van der Waals surface area contributed by atoms with Crippen LogP contribution < -0.4 is 19.7 Å². The number of thiophene rings is 1. The highest BCUT2D eigenvalue weighted by Crippen LogP contribution is 2.31. The normalized spacial score (nSPS) is 15.3. The van der Waals surface area contributed by atoms with Crippen molar-refractivity contribution in [1.82, 2.24) is 10.1 Å². The second-order valence-electron chi connectivity index (χ2n) is 7.95. The Hall–Kier alpha value is -4.18. The number of nitrogens with zero attached hydrogens (tertiary/aromatic N) is 3. The minimum absolute atomic E-state index is 0.113. The highest BCUT2D eigenvalue weighted by molar-refractivity contribution is 7.13. The molecule has 2 aromatic carbocycles. The minimum Gasteiger partial charge on any atom is -0.497 e. The Kier molecular flexibility index (Phi) is 6.19. The van der Waals surface area contributed by atoms with E-state index >= 15 is 0 Å². The number of ether oxygens (including phenoxy) is 2. The number of amides is 2. The number of hydrogen-bond acceptors (Lipinski definition) is 8. The summed E-state index contributed by atoms with van der Waals surface area (Å²) in [5.41, 5.74) is 1.93. The van der Waals surface area contributed by atoms with E-state index in [-0.39, 0.29) is 24.8 Å². The molecule has 178 valence electrons. The van der Waals surface area contributed by atoms with E-state index in [0.29, 0.717) is 34.6 Å². The first-order valence-corrected chi connectivity index (χ1v) is 11.7. The zero-order valence-electron chi connectivity index (χ0n) is 19.1. The topological polar surface area (TPSA) is 107 Å². The lowest BCUT2D eigenvalue weighted by atomic mass is 10.1. The van der Waals surface area contributed by atoms with Crippen molar-refractivity contribution in [2.75, 3.05) is 31.0 Å². The Morgan fingerprint density at radius 2 is 1.91 bits per heavy atom. The molecule has 1 aliphatic heterocycles. The van der Waals surface area contributed by atoms with Crippen LogP contribution in [0.15, 0.2) is 64.5 Å². The number of rotatable bonds is 7. The quantitative estimate of drug-likeness (QED) is 0.407. The van der Waals surface area contributed by atoms with Crippen molar-refractivity contribution in [2.24, 2.45) is 5.92 Å². The summed E-state index contributed by atoms with van der Waals surface area (Å²) in [4.78, 5) is 32.7. The maximum atomic E-state index is 12.9. The van der Waals surface area contributed by atoms with Gasteiger partial charge < -0.3 is 24.2 Å². The SMILES string of the molecule is COc1cc(NC(=O)[C@@H]2CC(=O)N(c3cccc(-c4noc(-c5cccs5)n4)c3)C2)cc(OC)c1. The molecular weight excluding hydrogens is 468 g/mol. The molecule has 0 aliphatic carbocycles. The molecule has 3 heterocycles. The molecule has 2 aromatic heterocycles. The van der Waals surface area contributed by atoms with E-state index in [1.54, 1.807) is 37.3 Å². The smallest absolute Gasteiger partial charge is 0.268 e. The summed E-state index contributed by atoms with van der Waals surface area (Å²) in [6.07, 6.45) is 0.113. The monoisotopic (exact) mass is 490 g/mol. The van der Waals surface area contributed by atoms with E-state index in [2.05, 4.69) is 15.5 Å². The van der Waals surface area contributed by atoms with E-state index in [9.17, 15) is 9.59 Å². The molecule has 2 amide bonds. The van der Waals surface area contributed by atoms with Crippen molar-refractivity contribution >= 4 is 34.5 Å². The number of anilines is 2. The van der Waals surface area contributed by atoms with Gasteiger partial charge in [-0.1, -0.05) is 23.4 Å². The molecule has 1 atom stereocenters. The van der Waals surface area contributed by atoms with Gasteiger partial charge in [-0.3, -0.25) is 9.59 Å². The fourth-order valence-electron chi connectivity index (χ4n) is 3.91. The minimum atomic E-state index is -0.501. The first-order valence-electron chi connectivity index (χ1n) is 10.9. The number of carbonyl (C=O) groups is 2. The Balaban J connectivity index is 1.31. The first kappa shape index (κ1) is 22.6. The van der Waals surface area contributed by atoms with Crippen molar-refractivity contribution < 1.29 is 23.6 Å². The number of hydrogen-bond donors (Lipinski definition) is 1. The second kappa shape index (κ2) is 9.59. The van der Waals surface area contributed by atoms with Gasteiger partial charge in [-0.2, -0.15) is 4.98 Å². The molecule has 5 rings (SSSR count). The van der Waals surface area contributed by atoms with Gasteiger partial charge >= 0.3 is 0 Å². The molecule has 1 aliphatic rings. The Bertz CT molecular complexity index is 1350. The third-order valence-electron chi connectivity index (χ3n) is 5.69. The van der Waals surface area contributed by atoms with E-state index in [1.807, 2.05) is 41.8 Å². The van der Waals surface area contributed by atoms with Gasteiger partial charge in [0, 0.05) is 48.1 Å². The van der Waals surface area contributed by atoms with E-state index in [1.165, 1.54) is 11.3 Å². The van der Waals surface area contributed by atoms with Gasteiger partial charge in [0.1, 0.15) is 11.5 Å². The number of nitrogens with one attached hydrogen (secondary N) is 1. The standard InChI is InChI=1S/C25H22N4O5S/c1-32-19-11-17(12-20(13-19)33-2)26-24(31)16-10-22(30)29(14-16)18-6-3-5-15(9-18)23-27-25(34-28-23)21-7-4-8-35-21/h3-9,11-13,16H,10,14H2,1-2H3,(H,26,31)/t16-/m1/s1. The summed E-state index contributed by atoms with van der Waals surface area (Å²) < 4.78 is 15.9. The molecule has 1 saturated heterocycles. The molecule has 4 aromatic rings. The second-order valence-corrected chi connectivity index (χ2v) is 8.89. The van der Waals surface area contributed by atoms with Gasteiger partial charge in [-0.05, 0) is 23.6 Å². The summed E-state index contributed by atoms with van der Waals surface area (Å²) in [7, 11) is 3.08. The van der Waals surface area contributed by atoms with Crippen molar-refractivity contribution in [3.63, 3.8) is 0 Å². The van der Waals surface area contributed by atoms with Crippen LogP contribution in [0.25, 0.3) is 22.2 Å². The number of methoxy groups -OCH3 is 2. The van der Waals surface area contributed by atoms with Crippen molar-refractivity contribution in [3.05, 3.63) is 60.0 Å². The molecule has 10 heteroatoms. The largest absolute Gasteiger partial charge is 0.497 e. The van der Waals surface area contributed by atoms with E-state index in [4.69, 9.17) is 14.0 Å². The highest BCUT2D eigenvalue weighted by atomic mass is 32.1. The zero-order valence-corrected chi connectivity index (χ0v) is 19.9. The molecule has 0 bridgehead atoms. The van der Waals surface area contributed by atoms with Crippen molar-refractivity contribution in [2.45, 2.75) is 6.42 Å². The van der Waals surface area contributed by atoms with E-state index < -0.39 is 5.92 Å². The number of benzene rings is 2. The molecule has 9 nitrogen and oxygen atoms in total. The van der Waals surface area contributed by atoms with Crippen LogP contribution in [-0.2, 0) is 9.59 Å². The first-order chi connectivity index (χ1) is 17.0. The highest BCUT2D eigenvalue weighted by Gasteiger charge is 2.35. The van der Waals surface area contributed by atoms with Crippen LogP contribution in [0.2, 0.25) is 0 Å². The lowest BCUT2D eigenvalue weighted by Crippen LogP contribution is -2.28. The fraction of sp³-hybridized carbons (Fsp3) is 0.200. The summed E-state index contributed by atoms with van der Waals surface area (Å²) in [5, 5.41) is 8.89. The summed E-state index contributed by atoms with van der Waals surface area (Å²) in [6, 6.07) is 16.3. The fourth-order valence-corrected chi connectivity index (χ4v) is 4.56. The third kappa shape index (κ3) is 4.73. The molecule has 1 N–H and O–H groups in total. The van der Waals surface area contributed by atoms with Crippen molar-refractivity contribution in [3.8, 4) is 33.7 Å². The van der Waals surface area contributed by atoms with Crippen LogP contribution in [0.5, 0.6) is 11.5 Å². The zero-order chi connectivity index (χ0) is 24.4. The van der Waals surface area contributed by atoms with Crippen LogP contribution in [0.4, 0.5) is 11.4 Å². The van der Waals surface area contributed by atoms with Gasteiger partial charge in [0.05, 0.1) is 25.0 Å². The Morgan fingerprint density at radius 1 is 1.11 bits per heavy atom. The molecule has 0 radical (unpaired) electrons. The summed E-state index contributed by atoms with van der Waals surface area (Å²) >= 11 is 1.51. The Labute approximate surface area is 205 Å². The predicted octanol–water partition coefficient (Wildman–Crippen LogP) is 4.47. The number of aromatic nitrogens is 2. The molecule has 0 spiro atoms. The van der Waals surface area contributed by atoms with Crippen LogP contribution in [0.3, 0.4) is 0 Å². The maximum Gasteiger partial charge on any atom is 0.268 e. The maximum absolute atomic E-state index is 12.9. The summed E-state index contributed by atoms with van der Waals surface area (Å²) in [5.74, 6) is 1.13. The van der Waals surface area contributed by atoms with Crippen molar-refractivity contribution in [1.29, 1.82) is 0 Å². The molecule has 35 heavy (non-hydrogen) atoms. The third-order valence-corrected chi connectivity index (χ3v) is 6.55. The lowest BCUT2D eigenvalue weighted by Gasteiger charge is -2.17. The van der Waals surface area contributed by atoms with Crippen LogP contribution in [0, 0.1) is 5.92 Å². The van der Waals surface area contributed by atoms with Gasteiger partial charge in [0.2, 0.25) is 17.6 Å². The average molecular weight is 491 g/mol. The molecule has 0 unspecified atom stereocenters. The Morgan fingerprint density at radius 3 is 2.63 bits per heavy atom. The average Bonchev–Trinajstić information content (AvgIpc) is 3.64. The molecule has 1 fully saturated rings. The van der Waals surface area contributed by atoms with Gasteiger partial charge in [0.25, 0.3) is 5.89 Å². The van der Waals surface area contributed by atoms with Gasteiger partial charge in [-0.15, -0.1) is 11.3 Å². The molecular formula is C25H22N4O5S.